The minimum Gasteiger partial charge on any atom is -0.358 e. The van der Waals surface area contributed by atoms with Gasteiger partial charge in [-0.1, -0.05) is 41.5 Å². The van der Waals surface area contributed by atoms with Crippen LogP contribution in [0, 0.1) is 13.8 Å². The molecule has 2 N–H and O–H groups in total. The van der Waals surface area contributed by atoms with Gasteiger partial charge < -0.3 is 10.3 Å². The van der Waals surface area contributed by atoms with E-state index in [2.05, 4.69) is 66.6 Å². The molecule has 2 aromatic carbocycles. The Hall–Kier alpha value is -2.55. The van der Waals surface area contributed by atoms with Gasteiger partial charge in [0.2, 0.25) is 5.91 Å². The molecule has 0 bridgehead atoms. The van der Waals surface area contributed by atoms with E-state index in [1.807, 2.05) is 0 Å². The molecule has 1 aliphatic carbocycles. The van der Waals surface area contributed by atoms with E-state index in [1.165, 1.54) is 38.9 Å². The highest BCUT2D eigenvalue weighted by atomic mass is 16.1. The molecule has 26 heavy (non-hydrogen) atoms. The number of H-pyrrole nitrogens is 1. The summed E-state index contributed by atoms with van der Waals surface area (Å²) in [5.74, 6) is 0.158. The summed E-state index contributed by atoms with van der Waals surface area (Å²) in [5.41, 5.74) is 7.72. The summed E-state index contributed by atoms with van der Waals surface area (Å²) in [4.78, 5) is 15.9. The van der Waals surface area contributed by atoms with Crippen molar-refractivity contribution in [3.05, 3.63) is 70.4 Å². The molecule has 1 unspecified atom stereocenters. The maximum absolute atomic E-state index is 12.4. The van der Waals surface area contributed by atoms with Crippen LogP contribution < -0.4 is 5.32 Å². The maximum atomic E-state index is 12.4. The highest BCUT2D eigenvalue weighted by Crippen LogP contribution is 2.29. The molecule has 4 rings (SSSR count). The summed E-state index contributed by atoms with van der Waals surface area (Å²) in [7, 11) is 0. The Labute approximate surface area is 154 Å². The molecule has 3 nitrogen and oxygen atoms in total. The number of hydrogen-bond acceptors (Lipinski definition) is 1. The normalized spacial score (nSPS) is 16.5. The molecule has 1 atom stereocenters. The first kappa shape index (κ1) is 16.9. The van der Waals surface area contributed by atoms with Gasteiger partial charge in [0.25, 0.3) is 0 Å². The van der Waals surface area contributed by atoms with Gasteiger partial charge in [0.05, 0.1) is 0 Å². The second-order valence-corrected chi connectivity index (χ2v) is 7.62. The second kappa shape index (κ2) is 6.99. The molecule has 3 heteroatoms. The van der Waals surface area contributed by atoms with Crippen LogP contribution in [-0.4, -0.2) is 16.9 Å². The first-order valence-electron chi connectivity index (χ1n) is 9.53. The van der Waals surface area contributed by atoms with Crippen molar-refractivity contribution < 1.29 is 4.79 Å². The van der Waals surface area contributed by atoms with Crippen LogP contribution in [0.3, 0.4) is 0 Å². The number of hydrogen-bond donors (Lipinski definition) is 2. The van der Waals surface area contributed by atoms with Crippen LogP contribution in [0.2, 0.25) is 0 Å². The van der Waals surface area contributed by atoms with Crippen LogP contribution in [0.5, 0.6) is 0 Å². The van der Waals surface area contributed by atoms with E-state index in [0.29, 0.717) is 6.42 Å². The van der Waals surface area contributed by atoms with Crippen LogP contribution >= 0.6 is 0 Å². The number of nitrogens with one attached hydrogen (secondary N) is 2. The van der Waals surface area contributed by atoms with Crippen molar-refractivity contribution >= 4 is 16.8 Å². The molecule has 1 amide bonds. The third-order valence-corrected chi connectivity index (χ3v) is 5.47. The number of carbonyl (C=O) groups excluding carboxylic acids is 1. The summed E-state index contributed by atoms with van der Waals surface area (Å²) in [6, 6.07) is 15.3. The van der Waals surface area contributed by atoms with Crippen molar-refractivity contribution in [2.24, 2.45) is 0 Å². The van der Waals surface area contributed by atoms with Gasteiger partial charge in [-0.25, -0.2) is 0 Å². The van der Waals surface area contributed by atoms with Crippen LogP contribution in [0.25, 0.3) is 10.9 Å². The quantitative estimate of drug-likeness (QED) is 0.723. The van der Waals surface area contributed by atoms with Crippen molar-refractivity contribution in [3.63, 3.8) is 0 Å². The average molecular weight is 346 g/mol. The third kappa shape index (κ3) is 3.52. The van der Waals surface area contributed by atoms with E-state index in [-0.39, 0.29) is 11.9 Å². The lowest BCUT2D eigenvalue weighted by atomic mass is 9.91. The zero-order valence-electron chi connectivity index (χ0n) is 15.6. The maximum Gasteiger partial charge on any atom is 0.220 e. The zero-order valence-corrected chi connectivity index (χ0v) is 15.6. The lowest BCUT2D eigenvalue weighted by Gasteiger charge is -2.23. The molecule has 0 fully saturated rings. The summed E-state index contributed by atoms with van der Waals surface area (Å²) in [5, 5.41) is 4.59. The van der Waals surface area contributed by atoms with E-state index >= 15 is 0 Å². The van der Waals surface area contributed by atoms with Crippen molar-refractivity contribution in [2.45, 2.75) is 52.0 Å². The zero-order chi connectivity index (χ0) is 18.1. The fraction of sp³-hybridized carbons (Fsp3) is 0.348. The van der Waals surface area contributed by atoms with Crippen LogP contribution in [0.1, 0.15) is 40.8 Å². The van der Waals surface area contributed by atoms with Crippen molar-refractivity contribution in [1.29, 1.82) is 0 Å². The van der Waals surface area contributed by atoms with E-state index < -0.39 is 0 Å². The fourth-order valence-electron chi connectivity index (χ4n) is 3.98. The third-order valence-electron chi connectivity index (χ3n) is 5.47. The molecule has 0 radical (unpaired) electrons. The van der Waals surface area contributed by atoms with Gasteiger partial charge in [0.1, 0.15) is 0 Å². The highest BCUT2D eigenvalue weighted by molar-refractivity contribution is 5.85. The van der Waals surface area contributed by atoms with E-state index in [1.54, 1.807) is 0 Å². The molecule has 0 saturated carbocycles. The SMILES string of the molecule is Cc1ccc(CCC(=O)NC2CCc3c([nH]c4ccc(C)cc34)C2)cc1. The Balaban J connectivity index is 1.37. The number of aromatic nitrogens is 1. The van der Waals surface area contributed by atoms with Gasteiger partial charge in [-0.3, -0.25) is 4.79 Å². The number of carbonyl (C=O) groups is 1. The molecular weight excluding hydrogens is 320 g/mol. The smallest absolute Gasteiger partial charge is 0.220 e. The fourth-order valence-corrected chi connectivity index (χ4v) is 3.98. The number of aromatic amines is 1. The minimum atomic E-state index is 0.158. The molecular formula is C23H26N2O. The Kier molecular flexibility index (Phi) is 4.54. The molecule has 3 aromatic rings. The molecule has 134 valence electrons. The molecule has 1 aliphatic rings. The molecule has 0 aliphatic heterocycles. The van der Waals surface area contributed by atoms with Crippen molar-refractivity contribution in [3.8, 4) is 0 Å². The van der Waals surface area contributed by atoms with Gasteiger partial charge in [-0.05, 0) is 56.4 Å². The predicted molar refractivity (Wildman–Crippen MR) is 106 cm³/mol. The van der Waals surface area contributed by atoms with Gasteiger partial charge >= 0.3 is 0 Å². The first-order valence-corrected chi connectivity index (χ1v) is 9.53. The summed E-state index contributed by atoms with van der Waals surface area (Å²) >= 11 is 0. The van der Waals surface area contributed by atoms with Crippen molar-refractivity contribution in [1.82, 2.24) is 10.3 Å². The van der Waals surface area contributed by atoms with Crippen LogP contribution in [0.4, 0.5) is 0 Å². The number of rotatable bonds is 4. The molecule has 0 spiro atoms. The van der Waals surface area contributed by atoms with Gasteiger partial charge in [-0.2, -0.15) is 0 Å². The Bertz CT molecular complexity index is 937. The lowest BCUT2D eigenvalue weighted by molar-refractivity contribution is -0.121. The Morgan fingerprint density at radius 2 is 1.88 bits per heavy atom. The van der Waals surface area contributed by atoms with Gasteiger partial charge in [0, 0.05) is 35.5 Å². The van der Waals surface area contributed by atoms with E-state index in [4.69, 9.17) is 0 Å². The summed E-state index contributed by atoms with van der Waals surface area (Å²) < 4.78 is 0. The predicted octanol–water partition coefficient (Wildman–Crippen LogP) is 4.39. The molecule has 1 aromatic heterocycles. The lowest BCUT2D eigenvalue weighted by Crippen LogP contribution is -2.38. The van der Waals surface area contributed by atoms with E-state index in [0.717, 1.165) is 25.7 Å². The minimum absolute atomic E-state index is 0.158. The van der Waals surface area contributed by atoms with E-state index in [9.17, 15) is 4.79 Å². The average Bonchev–Trinajstić information content (AvgIpc) is 2.98. The topological polar surface area (TPSA) is 44.9 Å². The number of aryl methyl sites for hydroxylation is 4. The van der Waals surface area contributed by atoms with Gasteiger partial charge in [0.15, 0.2) is 0 Å². The number of benzene rings is 2. The second-order valence-electron chi connectivity index (χ2n) is 7.62. The first-order chi connectivity index (χ1) is 12.6. The molecule has 0 saturated heterocycles. The monoisotopic (exact) mass is 346 g/mol. The van der Waals surface area contributed by atoms with Crippen LogP contribution in [-0.2, 0) is 24.1 Å². The number of amides is 1. The Morgan fingerprint density at radius 1 is 1.12 bits per heavy atom. The highest BCUT2D eigenvalue weighted by Gasteiger charge is 2.23. The van der Waals surface area contributed by atoms with Crippen molar-refractivity contribution in [2.75, 3.05) is 0 Å². The summed E-state index contributed by atoms with van der Waals surface area (Å²) in [6.45, 7) is 4.22. The standard InChI is InChI=1S/C23H26N2O/c1-15-3-6-17(7-4-15)8-12-23(26)24-18-9-10-19-20-13-16(2)5-11-21(20)25-22(19)14-18/h3-7,11,13,18,25H,8-10,12,14H2,1-2H3,(H,24,26). The molecule has 1 heterocycles. The van der Waals surface area contributed by atoms with Gasteiger partial charge in [-0.15, -0.1) is 0 Å². The summed E-state index contributed by atoms with van der Waals surface area (Å²) in [6.07, 6.45) is 4.30. The largest absolute Gasteiger partial charge is 0.358 e. The Morgan fingerprint density at radius 3 is 2.69 bits per heavy atom. The number of fused-ring (bicyclic) bond motifs is 3. The van der Waals surface area contributed by atoms with Crippen LogP contribution in [0.15, 0.2) is 42.5 Å².